The van der Waals surface area contributed by atoms with Crippen molar-refractivity contribution < 1.29 is 0 Å². The molecule has 2 aliphatic rings. The standard InChI is InChI=1S/C14H22N2S/c1-14(15,10-6-3-2-4-7-10)13-16-11-8-5-9-12(11)17-13/h10H,2-9,15H2,1H3. The molecule has 0 radical (unpaired) electrons. The molecule has 3 heteroatoms. The number of thiazole rings is 1. The van der Waals surface area contributed by atoms with Crippen LogP contribution in [0.2, 0.25) is 0 Å². The van der Waals surface area contributed by atoms with Gasteiger partial charge in [-0.3, -0.25) is 0 Å². The van der Waals surface area contributed by atoms with Crippen LogP contribution in [0.5, 0.6) is 0 Å². The van der Waals surface area contributed by atoms with E-state index in [0.717, 1.165) is 0 Å². The smallest absolute Gasteiger partial charge is 0.113 e. The SMILES string of the molecule is CC(N)(c1nc2c(s1)CCC2)C1CCCCC1. The molecule has 3 rings (SSSR count). The molecule has 1 aromatic heterocycles. The Morgan fingerprint density at radius 2 is 1.94 bits per heavy atom. The van der Waals surface area contributed by atoms with Gasteiger partial charge >= 0.3 is 0 Å². The zero-order chi connectivity index (χ0) is 11.9. The van der Waals surface area contributed by atoms with Gasteiger partial charge in [0, 0.05) is 4.88 Å². The molecule has 94 valence electrons. The lowest BCUT2D eigenvalue weighted by molar-refractivity contribution is 0.223. The van der Waals surface area contributed by atoms with Crippen LogP contribution in [0, 0.1) is 5.92 Å². The summed E-state index contributed by atoms with van der Waals surface area (Å²) in [7, 11) is 0. The fourth-order valence-electron chi connectivity index (χ4n) is 3.30. The molecule has 0 spiro atoms. The summed E-state index contributed by atoms with van der Waals surface area (Å²) in [6.07, 6.45) is 10.4. The molecule has 0 saturated heterocycles. The van der Waals surface area contributed by atoms with Crippen LogP contribution in [0.3, 0.4) is 0 Å². The number of nitrogens with two attached hydrogens (primary N) is 1. The Kier molecular flexibility index (Phi) is 2.99. The van der Waals surface area contributed by atoms with E-state index in [1.807, 2.05) is 11.3 Å². The molecule has 2 nitrogen and oxygen atoms in total. The maximum Gasteiger partial charge on any atom is 0.113 e. The van der Waals surface area contributed by atoms with Crippen molar-refractivity contribution in [3.8, 4) is 0 Å². The van der Waals surface area contributed by atoms with Gasteiger partial charge in [-0.15, -0.1) is 11.3 Å². The van der Waals surface area contributed by atoms with E-state index in [0.29, 0.717) is 5.92 Å². The van der Waals surface area contributed by atoms with Gasteiger partial charge in [-0.05, 0) is 44.9 Å². The van der Waals surface area contributed by atoms with Crippen LogP contribution in [0.1, 0.15) is 61.0 Å². The predicted octanol–water partition coefficient (Wildman–Crippen LogP) is 3.39. The highest BCUT2D eigenvalue weighted by Crippen LogP contribution is 2.40. The van der Waals surface area contributed by atoms with Crippen LogP contribution >= 0.6 is 11.3 Å². The van der Waals surface area contributed by atoms with E-state index >= 15 is 0 Å². The van der Waals surface area contributed by atoms with Crippen LogP contribution < -0.4 is 5.73 Å². The maximum absolute atomic E-state index is 6.62. The molecule has 1 atom stereocenters. The van der Waals surface area contributed by atoms with Gasteiger partial charge in [-0.2, -0.15) is 0 Å². The lowest BCUT2D eigenvalue weighted by Crippen LogP contribution is -2.42. The number of aryl methyl sites for hydroxylation is 2. The Morgan fingerprint density at radius 3 is 2.65 bits per heavy atom. The number of hydrogen-bond acceptors (Lipinski definition) is 3. The second kappa shape index (κ2) is 4.36. The van der Waals surface area contributed by atoms with Crippen molar-refractivity contribution in [3.05, 3.63) is 15.6 Å². The first-order chi connectivity index (χ1) is 8.18. The van der Waals surface area contributed by atoms with Gasteiger partial charge in [-0.1, -0.05) is 19.3 Å². The Bertz CT molecular complexity index is 381. The molecule has 1 unspecified atom stereocenters. The van der Waals surface area contributed by atoms with Gasteiger partial charge in [0.15, 0.2) is 0 Å². The summed E-state index contributed by atoms with van der Waals surface area (Å²) in [5.74, 6) is 0.641. The molecule has 0 amide bonds. The average Bonchev–Trinajstić information content (AvgIpc) is 2.90. The zero-order valence-electron chi connectivity index (χ0n) is 10.7. The quantitative estimate of drug-likeness (QED) is 0.874. The third-order valence-electron chi connectivity index (χ3n) is 4.51. The Balaban J connectivity index is 1.84. The predicted molar refractivity (Wildman–Crippen MR) is 72.3 cm³/mol. The monoisotopic (exact) mass is 250 g/mol. The lowest BCUT2D eigenvalue weighted by atomic mass is 9.76. The number of nitrogens with zero attached hydrogens (tertiary/aromatic N) is 1. The summed E-state index contributed by atoms with van der Waals surface area (Å²) < 4.78 is 0. The summed E-state index contributed by atoms with van der Waals surface area (Å²) in [6.45, 7) is 2.21. The highest BCUT2D eigenvalue weighted by Gasteiger charge is 2.36. The van der Waals surface area contributed by atoms with Gasteiger partial charge in [0.05, 0.1) is 11.2 Å². The number of rotatable bonds is 2. The number of hydrogen-bond donors (Lipinski definition) is 1. The molecule has 1 saturated carbocycles. The van der Waals surface area contributed by atoms with Crippen LogP contribution in [-0.4, -0.2) is 4.98 Å². The van der Waals surface area contributed by atoms with Crippen LogP contribution in [0.25, 0.3) is 0 Å². The first kappa shape index (κ1) is 11.7. The molecule has 1 aromatic rings. The minimum Gasteiger partial charge on any atom is -0.319 e. The van der Waals surface area contributed by atoms with E-state index in [4.69, 9.17) is 10.7 Å². The minimum atomic E-state index is -0.185. The topological polar surface area (TPSA) is 38.9 Å². The van der Waals surface area contributed by atoms with Crippen molar-refractivity contribution >= 4 is 11.3 Å². The van der Waals surface area contributed by atoms with Crippen molar-refractivity contribution in [2.45, 2.75) is 63.8 Å². The third kappa shape index (κ3) is 2.04. The molecule has 0 aliphatic heterocycles. The van der Waals surface area contributed by atoms with Gasteiger partial charge < -0.3 is 5.73 Å². The van der Waals surface area contributed by atoms with E-state index < -0.39 is 0 Å². The lowest BCUT2D eigenvalue weighted by Gasteiger charge is -2.35. The van der Waals surface area contributed by atoms with Gasteiger partial charge in [0.2, 0.25) is 0 Å². The molecule has 0 bridgehead atoms. The van der Waals surface area contributed by atoms with Crippen molar-refractivity contribution in [3.63, 3.8) is 0 Å². The molecule has 0 aromatic carbocycles. The molecule has 1 fully saturated rings. The fourth-order valence-corrected chi connectivity index (χ4v) is 4.59. The highest BCUT2D eigenvalue weighted by molar-refractivity contribution is 7.12. The maximum atomic E-state index is 6.62. The van der Waals surface area contributed by atoms with E-state index in [1.165, 1.54) is 66.9 Å². The Hall–Kier alpha value is -0.410. The van der Waals surface area contributed by atoms with Gasteiger partial charge in [0.1, 0.15) is 5.01 Å². The van der Waals surface area contributed by atoms with E-state index in [2.05, 4.69) is 6.92 Å². The molecule has 2 aliphatic carbocycles. The van der Waals surface area contributed by atoms with Crippen molar-refractivity contribution in [2.75, 3.05) is 0 Å². The molecular formula is C14H22N2S. The van der Waals surface area contributed by atoms with Crippen molar-refractivity contribution in [2.24, 2.45) is 11.7 Å². The molecule has 1 heterocycles. The second-order valence-corrected chi connectivity index (χ2v) is 6.94. The largest absolute Gasteiger partial charge is 0.319 e. The zero-order valence-corrected chi connectivity index (χ0v) is 11.5. The van der Waals surface area contributed by atoms with E-state index in [1.54, 1.807) is 0 Å². The van der Waals surface area contributed by atoms with Gasteiger partial charge in [-0.25, -0.2) is 4.98 Å². The first-order valence-corrected chi connectivity index (χ1v) is 7.77. The molecule has 2 N–H and O–H groups in total. The Labute approximate surface area is 108 Å². The van der Waals surface area contributed by atoms with Crippen LogP contribution in [0.4, 0.5) is 0 Å². The van der Waals surface area contributed by atoms with E-state index in [9.17, 15) is 0 Å². The normalized spacial score (nSPS) is 24.6. The highest BCUT2D eigenvalue weighted by atomic mass is 32.1. The molecular weight excluding hydrogens is 228 g/mol. The molecule has 17 heavy (non-hydrogen) atoms. The summed E-state index contributed by atoms with van der Waals surface area (Å²) in [5.41, 5.74) is 7.78. The first-order valence-electron chi connectivity index (χ1n) is 6.96. The average molecular weight is 250 g/mol. The number of fused-ring (bicyclic) bond motifs is 1. The summed E-state index contributed by atoms with van der Waals surface area (Å²) in [5, 5.41) is 1.20. The third-order valence-corrected chi connectivity index (χ3v) is 5.92. The van der Waals surface area contributed by atoms with Crippen LogP contribution in [0.15, 0.2) is 0 Å². The van der Waals surface area contributed by atoms with E-state index in [-0.39, 0.29) is 5.54 Å². The number of aromatic nitrogens is 1. The summed E-state index contributed by atoms with van der Waals surface area (Å²) >= 11 is 1.89. The van der Waals surface area contributed by atoms with Gasteiger partial charge in [0.25, 0.3) is 0 Å². The summed E-state index contributed by atoms with van der Waals surface area (Å²) in [6, 6.07) is 0. The fraction of sp³-hybridized carbons (Fsp3) is 0.786. The second-order valence-electron chi connectivity index (χ2n) is 5.86. The van der Waals surface area contributed by atoms with Crippen LogP contribution in [-0.2, 0) is 18.4 Å². The Morgan fingerprint density at radius 1 is 1.18 bits per heavy atom. The minimum absolute atomic E-state index is 0.185. The van der Waals surface area contributed by atoms with Crippen molar-refractivity contribution in [1.29, 1.82) is 0 Å². The van der Waals surface area contributed by atoms with Crippen molar-refractivity contribution in [1.82, 2.24) is 4.98 Å². The summed E-state index contributed by atoms with van der Waals surface area (Å²) in [4.78, 5) is 6.34.